The summed E-state index contributed by atoms with van der Waals surface area (Å²) in [6.07, 6.45) is 3.48. The van der Waals surface area contributed by atoms with E-state index in [4.69, 9.17) is 0 Å². The molecule has 0 saturated carbocycles. The lowest BCUT2D eigenvalue weighted by Gasteiger charge is -2.21. The zero-order chi connectivity index (χ0) is 18.9. The molecular formula is C20H26N4O2. The number of carbonyl (C=O) groups excluding carboxylic acids is 2. The maximum Gasteiger partial charge on any atom is 0.255 e. The van der Waals surface area contributed by atoms with Crippen molar-refractivity contribution < 1.29 is 9.59 Å². The predicted molar refractivity (Wildman–Crippen MR) is 105 cm³/mol. The van der Waals surface area contributed by atoms with Crippen molar-refractivity contribution in [2.45, 2.75) is 33.6 Å². The second-order valence-corrected chi connectivity index (χ2v) is 6.11. The molecule has 0 fully saturated rings. The standard InChI is InChI=1S/C20H26N4O2/c1-4-12-24(13-5-2)20(26)16-6-11-19(21-14-16)23-18-9-7-17(8-10-18)22-15(3)25/h6-11,14H,4-5,12-13H2,1-3H3,(H,21,23)(H,22,25). The van der Waals surface area contributed by atoms with Crippen LogP contribution in [-0.4, -0.2) is 34.8 Å². The van der Waals surface area contributed by atoms with Gasteiger partial charge in [-0.25, -0.2) is 4.98 Å². The molecule has 6 nitrogen and oxygen atoms in total. The molecule has 2 rings (SSSR count). The van der Waals surface area contributed by atoms with Gasteiger partial charge < -0.3 is 15.5 Å². The number of hydrogen-bond donors (Lipinski definition) is 2. The van der Waals surface area contributed by atoms with E-state index in [1.807, 2.05) is 29.2 Å². The van der Waals surface area contributed by atoms with Gasteiger partial charge in [-0.2, -0.15) is 0 Å². The van der Waals surface area contributed by atoms with Gasteiger partial charge in [0.15, 0.2) is 0 Å². The summed E-state index contributed by atoms with van der Waals surface area (Å²) in [6, 6.07) is 10.9. The van der Waals surface area contributed by atoms with E-state index in [0.29, 0.717) is 11.4 Å². The fraction of sp³-hybridized carbons (Fsp3) is 0.350. The van der Waals surface area contributed by atoms with Gasteiger partial charge in [-0.1, -0.05) is 13.8 Å². The van der Waals surface area contributed by atoms with Crippen molar-refractivity contribution in [3.05, 3.63) is 48.2 Å². The van der Waals surface area contributed by atoms with Gasteiger partial charge in [0.1, 0.15) is 5.82 Å². The summed E-state index contributed by atoms with van der Waals surface area (Å²) in [7, 11) is 0. The number of pyridine rings is 1. The minimum Gasteiger partial charge on any atom is -0.340 e. The first kappa shape index (κ1) is 19.4. The zero-order valence-corrected chi connectivity index (χ0v) is 15.6. The highest BCUT2D eigenvalue weighted by molar-refractivity contribution is 5.94. The molecule has 2 amide bonds. The average molecular weight is 354 g/mol. The van der Waals surface area contributed by atoms with Crippen LogP contribution in [0.5, 0.6) is 0 Å². The third-order valence-electron chi connectivity index (χ3n) is 3.76. The Morgan fingerprint density at radius 2 is 1.58 bits per heavy atom. The van der Waals surface area contributed by atoms with Gasteiger partial charge in [0.05, 0.1) is 5.56 Å². The molecule has 0 radical (unpaired) electrons. The van der Waals surface area contributed by atoms with E-state index in [9.17, 15) is 9.59 Å². The largest absolute Gasteiger partial charge is 0.340 e. The number of aromatic nitrogens is 1. The second-order valence-electron chi connectivity index (χ2n) is 6.11. The number of carbonyl (C=O) groups is 2. The molecule has 0 bridgehead atoms. The number of anilines is 3. The Morgan fingerprint density at radius 1 is 0.962 bits per heavy atom. The molecule has 0 saturated heterocycles. The molecule has 1 heterocycles. The quantitative estimate of drug-likeness (QED) is 0.750. The Kier molecular flexibility index (Phi) is 7.14. The molecule has 0 aliphatic rings. The molecule has 0 atom stereocenters. The van der Waals surface area contributed by atoms with E-state index >= 15 is 0 Å². The summed E-state index contributed by atoms with van der Waals surface area (Å²) in [4.78, 5) is 29.8. The van der Waals surface area contributed by atoms with Gasteiger partial charge in [-0.15, -0.1) is 0 Å². The number of benzene rings is 1. The van der Waals surface area contributed by atoms with Gasteiger partial charge in [-0.05, 0) is 49.2 Å². The molecule has 138 valence electrons. The Hall–Kier alpha value is -2.89. The van der Waals surface area contributed by atoms with Crippen molar-refractivity contribution in [1.29, 1.82) is 0 Å². The zero-order valence-electron chi connectivity index (χ0n) is 15.6. The molecule has 0 unspecified atom stereocenters. The van der Waals surface area contributed by atoms with Crippen molar-refractivity contribution in [3.63, 3.8) is 0 Å². The molecule has 2 N–H and O–H groups in total. The molecule has 1 aromatic carbocycles. The van der Waals surface area contributed by atoms with Crippen LogP contribution in [0.1, 0.15) is 44.0 Å². The van der Waals surface area contributed by atoms with Gasteiger partial charge in [-0.3, -0.25) is 9.59 Å². The lowest BCUT2D eigenvalue weighted by molar-refractivity contribution is -0.114. The molecular weight excluding hydrogens is 328 g/mol. The first-order valence-corrected chi connectivity index (χ1v) is 8.93. The van der Waals surface area contributed by atoms with Crippen molar-refractivity contribution in [3.8, 4) is 0 Å². The van der Waals surface area contributed by atoms with E-state index in [1.54, 1.807) is 18.3 Å². The van der Waals surface area contributed by atoms with Gasteiger partial charge in [0.2, 0.25) is 5.91 Å². The minimum atomic E-state index is -0.104. The van der Waals surface area contributed by atoms with E-state index in [2.05, 4.69) is 29.5 Å². The first-order chi connectivity index (χ1) is 12.5. The van der Waals surface area contributed by atoms with E-state index < -0.39 is 0 Å². The Morgan fingerprint density at radius 3 is 2.08 bits per heavy atom. The van der Waals surface area contributed by atoms with Crippen molar-refractivity contribution >= 4 is 29.0 Å². The summed E-state index contributed by atoms with van der Waals surface area (Å²) in [6.45, 7) is 7.12. The number of amides is 2. The third-order valence-corrected chi connectivity index (χ3v) is 3.76. The topological polar surface area (TPSA) is 74.3 Å². The predicted octanol–water partition coefficient (Wildman–Crippen LogP) is 4.05. The number of rotatable bonds is 8. The van der Waals surface area contributed by atoms with Crippen LogP contribution in [0.15, 0.2) is 42.6 Å². The Bertz CT molecular complexity index is 720. The second kappa shape index (κ2) is 9.56. The third kappa shape index (κ3) is 5.58. The number of nitrogens with zero attached hydrogens (tertiary/aromatic N) is 2. The highest BCUT2D eigenvalue weighted by atomic mass is 16.2. The molecule has 0 aliphatic carbocycles. The van der Waals surface area contributed by atoms with Crippen LogP contribution in [-0.2, 0) is 4.79 Å². The fourth-order valence-electron chi connectivity index (χ4n) is 2.62. The average Bonchev–Trinajstić information content (AvgIpc) is 2.63. The van der Waals surface area contributed by atoms with Crippen molar-refractivity contribution in [2.24, 2.45) is 0 Å². The van der Waals surface area contributed by atoms with E-state index in [0.717, 1.165) is 37.3 Å². The van der Waals surface area contributed by atoms with Crippen LogP contribution in [0.4, 0.5) is 17.2 Å². The maximum absolute atomic E-state index is 12.6. The first-order valence-electron chi connectivity index (χ1n) is 8.93. The van der Waals surface area contributed by atoms with Crippen LogP contribution < -0.4 is 10.6 Å². The van der Waals surface area contributed by atoms with E-state index in [1.165, 1.54) is 6.92 Å². The van der Waals surface area contributed by atoms with Crippen LogP contribution >= 0.6 is 0 Å². The number of hydrogen-bond acceptors (Lipinski definition) is 4. The lowest BCUT2D eigenvalue weighted by atomic mass is 10.2. The van der Waals surface area contributed by atoms with Gasteiger partial charge in [0, 0.05) is 37.6 Å². The van der Waals surface area contributed by atoms with Crippen molar-refractivity contribution in [1.82, 2.24) is 9.88 Å². The monoisotopic (exact) mass is 354 g/mol. The molecule has 0 aliphatic heterocycles. The normalized spacial score (nSPS) is 10.3. The summed E-state index contributed by atoms with van der Waals surface area (Å²) < 4.78 is 0. The summed E-state index contributed by atoms with van der Waals surface area (Å²) >= 11 is 0. The maximum atomic E-state index is 12.6. The van der Waals surface area contributed by atoms with Crippen LogP contribution in [0.2, 0.25) is 0 Å². The lowest BCUT2D eigenvalue weighted by Crippen LogP contribution is -2.32. The summed E-state index contributed by atoms with van der Waals surface area (Å²) in [5.41, 5.74) is 2.19. The summed E-state index contributed by atoms with van der Waals surface area (Å²) in [5.74, 6) is 0.576. The molecule has 6 heteroatoms. The Labute approximate surface area is 154 Å². The highest BCUT2D eigenvalue weighted by Gasteiger charge is 2.14. The molecule has 26 heavy (non-hydrogen) atoms. The summed E-state index contributed by atoms with van der Waals surface area (Å²) in [5, 5.41) is 5.90. The highest BCUT2D eigenvalue weighted by Crippen LogP contribution is 2.18. The van der Waals surface area contributed by atoms with Gasteiger partial charge in [0.25, 0.3) is 5.91 Å². The SMILES string of the molecule is CCCN(CCC)C(=O)c1ccc(Nc2ccc(NC(C)=O)cc2)nc1. The van der Waals surface area contributed by atoms with Crippen molar-refractivity contribution in [2.75, 3.05) is 23.7 Å². The minimum absolute atomic E-state index is 0.0208. The van der Waals surface area contributed by atoms with Crippen LogP contribution in [0.25, 0.3) is 0 Å². The fourth-order valence-corrected chi connectivity index (χ4v) is 2.62. The number of nitrogens with one attached hydrogen (secondary N) is 2. The molecule has 1 aromatic heterocycles. The molecule has 0 spiro atoms. The van der Waals surface area contributed by atoms with Crippen LogP contribution in [0.3, 0.4) is 0 Å². The van der Waals surface area contributed by atoms with Crippen LogP contribution in [0, 0.1) is 0 Å². The van der Waals surface area contributed by atoms with Gasteiger partial charge >= 0.3 is 0 Å². The van der Waals surface area contributed by atoms with E-state index in [-0.39, 0.29) is 11.8 Å². The smallest absolute Gasteiger partial charge is 0.255 e. The Balaban J connectivity index is 2.02. The molecule has 2 aromatic rings.